The van der Waals surface area contributed by atoms with E-state index in [-0.39, 0.29) is 24.0 Å². The first kappa shape index (κ1) is 10.4. The summed E-state index contributed by atoms with van der Waals surface area (Å²) in [5.74, 6) is -0.592. The average molecular weight is 219 g/mol. The Bertz CT molecular complexity index is 397. The molecule has 0 fully saturated rings. The van der Waals surface area contributed by atoms with E-state index in [9.17, 15) is 17.6 Å². The van der Waals surface area contributed by atoms with Gasteiger partial charge >= 0.3 is 6.18 Å². The van der Waals surface area contributed by atoms with E-state index in [1.165, 1.54) is 0 Å². The molecule has 1 aromatic rings. The standard InChI is InChI=1S/C10H9F4N/c11-9-2-1-8(10(12,13)14)6-3-5(15)4-7(6)9/h1-2,5H,3-4,15H2. The molecule has 2 rings (SSSR count). The van der Waals surface area contributed by atoms with Crippen molar-refractivity contribution >= 4 is 0 Å². The van der Waals surface area contributed by atoms with E-state index in [0.29, 0.717) is 0 Å². The van der Waals surface area contributed by atoms with Crippen LogP contribution >= 0.6 is 0 Å². The van der Waals surface area contributed by atoms with Gasteiger partial charge in [-0.15, -0.1) is 0 Å². The number of halogens is 4. The summed E-state index contributed by atoms with van der Waals surface area (Å²) in [5.41, 5.74) is 4.92. The van der Waals surface area contributed by atoms with Gasteiger partial charge in [-0.3, -0.25) is 0 Å². The normalized spacial score (nSPS) is 20.5. The summed E-state index contributed by atoms with van der Waals surface area (Å²) < 4.78 is 50.8. The number of rotatable bonds is 0. The van der Waals surface area contributed by atoms with E-state index < -0.39 is 23.6 Å². The van der Waals surface area contributed by atoms with Crippen molar-refractivity contribution in [2.45, 2.75) is 25.1 Å². The fourth-order valence-corrected chi connectivity index (χ4v) is 1.98. The van der Waals surface area contributed by atoms with Crippen LogP contribution in [0.15, 0.2) is 12.1 Å². The summed E-state index contributed by atoms with van der Waals surface area (Å²) in [6.45, 7) is 0. The van der Waals surface area contributed by atoms with Gasteiger partial charge in [-0.1, -0.05) is 0 Å². The second kappa shape index (κ2) is 3.20. The van der Waals surface area contributed by atoms with Crippen molar-refractivity contribution in [3.05, 3.63) is 34.6 Å². The van der Waals surface area contributed by atoms with Crippen LogP contribution in [0.1, 0.15) is 16.7 Å². The highest BCUT2D eigenvalue weighted by molar-refractivity contribution is 5.42. The number of fused-ring (bicyclic) bond motifs is 1. The van der Waals surface area contributed by atoms with E-state index in [1.54, 1.807) is 0 Å². The fraction of sp³-hybridized carbons (Fsp3) is 0.400. The van der Waals surface area contributed by atoms with Crippen LogP contribution in [-0.2, 0) is 19.0 Å². The molecule has 82 valence electrons. The number of hydrogen-bond donors (Lipinski definition) is 1. The Morgan fingerprint density at radius 3 is 2.33 bits per heavy atom. The predicted octanol–water partition coefficient (Wildman–Crippen LogP) is 2.27. The van der Waals surface area contributed by atoms with Crippen molar-refractivity contribution in [3.8, 4) is 0 Å². The Kier molecular flexibility index (Phi) is 2.22. The highest BCUT2D eigenvalue weighted by atomic mass is 19.4. The van der Waals surface area contributed by atoms with Gasteiger partial charge < -0.3 is 5.73 Å². The van der Waals surface area contributed by atoms with Crippen LogP contribution in [0.5, 0.6) is 0 Å². The van der Waals surface area contributed by atoms with E-state index >= 15 is 0 Å². The largest absolute Gasteiger partial charge is 0.416 e. The first-order chi connectivity index (χ1) is 6.89. The smallest absolute Gasteiger partial charge is 0.327 e. The Balaban J connectivity index is 2.58. The van der Waals surface area contributed by atoms with Crippen molar-refractivity contribution in [2.75, 3.05) is 0 Å². The minimum Gasteiger partial charge on any atom is -0.327 e. The molecule has 1 unspecified atom stereocenters. The van der Waals surface area contributed by atoms with Gasteiger partial charge in [0, 0.05) is 6.04 Å². The molecule has 0 aromatic heterocycles. The quantitative estimate of drug-likeness (QED) is 0.665. The third-order valence-corrected chi connectivity index (χ3v) is 2.61. The first-order valence-corrected chi connectivity index (χ1v) is 4.52. The molecule has 1 aromatic carbocycles. The maximum absolute atomic E-state index is 13.2. The highest BCUT2D eigenvalue weighted by Gasteiger charge is 2.37. The Morgan fingerprint density at radius 1 is 1.13 bits per heavy atom. The molecule has 0 saturated heterocycles. The van der Waals surface area contributed by atoms with Gasteiger partial charge in [0.15, 0.2) is 0 Å². The molecule has 0 radical (unpaired) electrons. The zero-order chi connectivity index (χ0) is 11.2. The lowest BCUT2D eigenvalue weighted by atomic mass is 10.0. The predicted molar refractivity (Wildman–Crippen MR) is 46.8 cm³/mol. The number of hydrogen-bond acceptors (Lipinski definition) is 1. The Labute approximate surface area is 83.9 Å². The van der Waals surface area contributed by atoms with Crippen LogP contribution in [0, 0.1) is 5.82 Å². The fourth-order valence-electron chi connectivity index (χ4n) is 1.98. The SMILES string of the molecule is NC1Cc2c(F)ccc(C(F)(F)F)c2C1. The van der Waals surface area contributed by atoms with Crippen LogP contribution in [0.2, 0.25) is 0 Å². The van der Waals surface area contributed by atoms with Gasteiger partial charge in [0.05, 0.1) is 5.56 Å². The third-order valence-electron chi connectivity index (χ3n) is 2.61. The van der Waals surface area contributed by atoms with Crippen LogP contribution in [0.3, 0.4) is 0 Å². The molecule has 0 bridgehead atoms. The van der Waals surface area contributed by atoms with Crippen LogP contribution in [0.4, 0.5) is 17.6 Å². The topological polar surface area (TPSA) is 26.0 Å². The van der Waals surface area contributed by atoms with Gasteiger partial charge in [-0.2, -0.15) is 13.2 Å². The molecule has 5 heteroatoms. The summed E-state index contributed by atoms with van der Waals surface area (Å²) in [5, 5.41) is 0. The Morgan fingerprint density at radius 2 is 1.73 bits per heavy atom. The molecule has 0 aliphatic heterocycles. The van der Waals surface area contributed by atoms with Gasteiger partial charge in [-0.25, -0.2) is 4.39 Å². The number of benzene rings is 1. The molecule has 0 heterocycles. The zero-order valence-electron chi connectivity index (χ0n) is 7.74. The van der Waals surface area contributed by atoms with Crippen LogP contribution < -0.4 is 5.73 Å². The van der Waals surface area contributed by atoms with Crippen molar-refractivity contribution in [1.29, 1.82) is 0 Å². The molecule has 0 spiro atoms. The monoisotopic (exact) mass is 219 g/mol. The summed E-state index contributed by atoms with van der Waals surface area (Å²) in [6.07, 6.45) is -4.14. The molecule has 0 saturated carbocycles. The molecule has 1 aliphatic carbocycles. The van der Waals surface area contributed by atoms with Gasteiger partial charge in [0.25, 0.3) is 0 Å². The maximum atomic E-state index is 13.2. The highest BCUT2D eigenvalue weighted by Crippen LogP contribution is 2.37. The lowest BCUT2D eigenvalue weighted by molar-refractivity contribution is -0.138. The zero-order valence-corrected chi connectivity index (χ0v) is 7.74. The number of nitrogens with two attached hydrogens (primary N) is 1. The average Bonchev–Trinajstić information content (AvgIpc) is 2.45. The molecule has 1 atom stereocenters. The van der Waals surface area contributed by atoms with Crippen LogP contribution in [0.25, 0.3) is 0 Å². The molecule has 0 amide bonds. The van der Waals surface area contributed by atoms with Crippen LogP contribution in [-0.4, -0.2) is 6.04 Å². The number of alkyl halides is 3. The molecule has 1 nitrogen and oxygen atoms in total. The van der Waals surface area contributed by atoms with Crippen molar-refractivity contribution in [3.63, 3.8) is 0 Å². The first-order valence-electron chi connectivity index (χ1n) is 4.52. The van der Waals surface area contributed by atoms with Crippen molar-refractivity contribution in [1.82, 2.24) is 0 Å². The Hall–Kier alpha value is -1.10. The second-order valence-electron chi connectivity index (χ2n) is 3.72. The molecular formula is C10H9F4N. The summed E-state index contributed by atoms with van der Waals surface area (Å²) in [7, 11) is 0. The summed E-state index contributed by atoms with van der Waals surface area (Å²) in [4.78, 5) is 0. The molecular weight excluding hydrogens is 210 g/mol. The maximum Gasteiger partial charge on any atom is 0.416 e. The van der Waals surface area contributed by atoms with E-state index in [0.717, 1.165) is 12.1 Å². The second-order valence-corrected chi connectivity index (χ2v) is 3.72. The summed E-state index contributed by atoms with van der Waals surface area (Å²) in [6, 6.07) is 1.24. The van der Waals surface area contributed by atoms with Gasteiger partial charge in [0.1, 0.15) is 5.82 Å². The van der Waals surface area contributed by atoms with Crippen molar-refractivity contribution < 1.29 is 17.6 Å². The van der Waals surface area contributed by atoms with E-state index in [1.807, 2.05) is 0 Å². The molecule has 15 heavy (non-hydrogen) atoms. The summed E-state index contributed by atoms with van der Waals surface area (Å²) >= 11 is 0. The van der Waals surface area contributed by atoms with E-state index in [4.69, 9.17) is 5.73 Å². The lowest BCUT2D eigenvalue weighted by Crippen LogP contribution is -2.19. The van der Waals surface area contributed by atoms with Crippen molar-refractivity contribution in [2.24, 2.45) is 5.73 Å². The minimum absolute atomic E-state index is 0.0231. The molecule has 2 N–H and O–H groups in total. The van der Waals surface area contributed by atoms with Gasteiger partial charge in [0.2, 0.25) is 0 Å². The lowest BCUT2D eigenvalue weighted by Gasteiger charge is -2.12. The van der Waals surface area contributed by atoms with Gasteiger partial charge in [-0.05, 0) is 36.1 Å². The van der Waals surface area contributed by atoms with E-state index in [2.05, 4.69) is 0 Å². The molecule has 1 aliphatic rings. The third kappa shape index (κ3) is 1.71. The minimum atomic E-state index is -4.43.